The maximum absolute atomic E-state index is 10.7. The van der Waals surface area contributed by atoms with Gasteiger partial charge in [0.05, 0.1) is 0 Å². The maximum atomic E-state index is 10.7. The molecule has 2 aromatic carbocycles. The maximum Gasteiger partial charge on any atom is 1.00 e. The zero-order valence-electron chi connectivity index (χ0n) is 11.4. The molecule has 2 aromatic rings. The molecule has 0 fully saturated rings. The van der Waals surface area contributed by atoms with Crippen LogP contribution in [-0.4, -0.2) is 5.97 Å². The van der Waals surface area contributed by atoms with Crippen LogP contribution in [0.15, 0.2) is 47.4 Å². The molecule has 3 rings (SSSR count). The molecular formula is C16H13NaO2S. The van der Waals surface area contributed by atoms with Crippen LogP contribution in [0.4, 0.5) is 0 Å². The second kappa shape index (κ2) is 6.81. The molecule has 96 valence electrons. The predicted molar refractivity (Wildman–Crippen MR) is 74.0 cm³/mol. The van der Waals surface area contributed by atoms with Gasteiger partial charge in [-0.05, 0) is 34.7 Å². The zero-order chi connectivity index (χ0) is 13.2. The second-order valence-electron chi connectivity index (χ2n) is 4.73. The number of carboxylic acids is 1. The number of hydrogen-bond acceptors (Lipinski definition) is 3. The molecule has 0 spiro atoms. The summed E-state index contributed by atoms with van der Waals surface area (Å²) in [4.78, 5) is 11.9. The van der Waals surface area contributed by atoms with Gasteiger partial charge in [-0.15, -0.1) is 11.8 Å². The zero-order valence-corrected chi connectivity index (χ0v) is 14.2. The van der Waals surface area contributed by atoms with E-state index >= 15 is 0 Å². The number of carbonyl (C=O) groups is 1. The molecule has 1 aliphatic heterocycles. The molecule has 0 N–H and O–H groups in total. The molecule has 4 heteroatoms. The Balaban J connectivity index is 0.00000147. The summed E-state index contributed by atoms with van der Waals surface area (Å²) in [7, 11) is 0. The van der Waals surface area contributed by atoms with Gasteiger partial charge in [0.15, 0.2) is 0 Å². The minimum absolute atomic E-state index is 0. The molecule has 0 aliphatic carbocycles. The summed E-state index contributed by atoms with van der Waals surface area (Å²) in [6.07, 6.45) is 0.860. The monoisotopic (exact) mass is 292 g/mol. The first-order chi connectivity index (χ1) is 9.22. The largest absolute Gasteiger partial charge is 1.00 e. The van der Waals surface area contributed by atoms with E-state index in [0.717, 1.165) is 17.7 Å². The van der Waals surface area contributed by atoms with Crippen molar-refractivity contribution in [1.82, 2.24) is 0 Å². The number of benzene rings is 2. The fourth-order valence-corrected chi connectivity index (χ4v) is 3.49. The van der Waals surface area contributed by atoms with Gasteiger partial charge in [0.25, 0.3) is 0 Å². The molecule has 0 bridgehead atoms. The van der Waals surface area contributed by atoms with Crippen molar-refractivity contribution in [1.29, 1.82) is 0 Å². The molecule has 0 unspecified atom stereocenters. The third-order valence-corrected chi connectivity index (χ3v) is 4.52. The molecule has 1 aliphatic rings. The van der Waals surface area contributed by atoms with E-state index in [2.05, 4.69) is 24.3 Å². The Morgan fingerprint density at radius 1 is 1.10 bits per heavy atom. The van der Waals surface area contributed by atoms with Crippen LogP contribution in [0.5, 0.6) is 0 Å². The van der Waals surface area contributed by atoms with Crippen molar-refractivity contribution < 1.29 is 39.5 Å². The number of thioether (sulfide) groups is 1. The summed E-state index contributed by atoms with van der Waals surface area (Å²) in [6.45, 7) is 0. The van der Waals surface area contributed by atoms with Gasteiger partial charge < -0.3 is 9.90 Å². The van der Waals surface area contributed by atoms with Crippen LogP contribution < -0.4 is 34.7 Å². The van der Waals surface area contributed by atoms with E-state index in [1.165, 1.54) is 21.6 Å². The van der Waals surface area contributed by atoms with Gasteiger partial charge in [-0.1, -0.05) is 36.4 Å². The van der Waals surface area contributed by atoms with Crippen LogP contribution in [0.3, 0.4) is 0 Å². The SMILES string of the molecule is O=C([O-])Cc1ccc2c(c1)Cc1ccccc1CS2.[Na+]. The van der Waals surface area contributed by atoms with Gasteiger partial charge >= 0.3 is 29.6 Å². The standard InChI is InChI=1S/C16H14O2S.Na/c17-16(18)8-11-5-6-15-14(7-11)9-12-3-1-2-4-13(12)10-19-15;/h1-7H,8-10H2,(H,17,18);/q;+1/p-1. The Hall–Kier alpha value is -0.740. The summed E-state index contributed by atoms with van der Waals surface area (Å²) in [6, 6.07) is 14.4. The van der Waals surface area contributed by atoms with Gasteiger partial charge in [0.1, 0.15) is 0 Å². The molecule has 0 saturated carbocycles. The fraction of sp³-hybridized carbons (Fsp3) is 0.188. The van der Waals surface area contributed by atoms with Gasteiger partial charge in [-0.2, -0.15) is 0 Å². The van der Waals surface area contributed by atoms with Crippen LogP contribution in [0.2, 0.25) is 0 Å². The molecule has 0 atom stereocenters. The van der Waals surface area contributed by atoms with Crippen molar-refractivity contribution >= 4 is 17.7 Å². The van der Waals surface area contributed by atoms with Crippen LogP contribution in [-0.2, 0) is 23.4 Å². The quantitative estimate of drug-likeness (QED) is 0.679. The van der Waals surface area contributed by atoms with Crippen molar-refractivity contribution in [3.63, 3.8) is 0 Å². The van der Waals surface area contributed by atoms with E-state index in [0.29, 0.717) is 0 Å². The van der Waals surface area contributed by atoms with Crippen LogP contribution in [0.1, 0.15) is 22.3 Å². The first kappa shape index (κ1) is 15.6. The third-order valence-electron chi connectivity index (χ3n) is 3.36. The van der Waals surface area contributed by atoms with E-state index in [1.807, 2.05) is 30.0 Å². The van der Waals surface area contributed by atoms with Crippen LogP contribution >= 0.6 is 11.8 Å². The average Bonchev–Trinajstić information content (AvgIpc) is 2.56. The van der Waals surface area contributed by atoms with Gasteiger partial charge in [-0.25, -0.2) is 0 Å². The molecule has 0 radical (unpaired) electrons. The number of hydrogen-bond donors (Lipinski definition) is 0. The smallest absolute Gasteiger partial charge is 0.550 e. The normalized spacial score (nSPS) is 12.6. The summed E-state index contributed by atoms with van der Waals surface area (Å²) < 4.78 is 0. The number of rotatable bonds is 2. The first-order valence-corrected chi connectivity index (χ1v) is 7.22. The summed E-state index contributed by atoms with van der Waals surface area (Å²) >= 11 is 1.82. The van der Waals surface area contributed by atoms with Gasteiger partial charge in [0, 0.05) is 23.0 Å². The molecule has 0 saturated heterocycles. The molecule has 1 heterocycles. The summed E-state index contributed by atoms with van der Waals surface area (Å²) in [5.74, 6) is -0.0511. The number of aliphatic carboxylic acids is 1. The molecule has 0 amide bonds. The summed E-state index contributed by atoms with van der Waals surface area (Å²) in [5, 5.41) is 10.7. The Bertz CT molecular complexity index is 640. The summed E-state index contributed by atoms with van der Waals surface area (Å²) in [5.41, 5.74) is 4.73. The predicted octanol–water partition coefficient (Wildman–Crippen LogP) is -0.820. The molecule has 0 aromatic heterocycles. The first-order valence-electron chi connectivity index (χ1n) is 6.23. The van der Waals surface area contributed by atoms with Crippen molar-refractivity contribution in [2.24, 2.45) is 0 Å². The Kier molecular flexibility index (Phi) is 5.33. The van der Waals surface area contributed by atoms with Crippen molar-refractivity contribution in [2.75, 3.05) is 0 Å². The Morgan fingerprint density at radius 2 is 1.85 bits per heavy atom. The molecular weight excluding hydrogens is 279 g/mol. The van der Waals surface area contributed by atoms with E-state index in [-0.39, 0.29) is 36.0 Å². The van der Waals surface area contributed by atoms with Crippen LogP contribution in [0.25, 0.3) is 0 Å². The van der Waals surface area contributed by atoms with E-state index in [1.54, 1.807) is 0 Å². The minimum atomic E-state index is -1.03. The van der Waals surface area contributed by atoms with Crippen molar-refractivity contribution in [3.8, 4) is 0 Å². The third kappa shape index (κ3) is 3.47. The van der Waals surface area contributed by atoms with Crippen molar-refractivity contribution in [3.05, 3.63) is 64.7 Å². The van der Waals surface area contributed by atoms with E-state index in [9.17, 15) is 9.90 Å². The molecule has 20 heavy (non-hydrogen) atoms. The average molecular weight is 292 g/mol. The van der Waals surface area contributed by atoms with Gasteiger partial charge in [-0.3, -0.25) is 0 Å². The van der Waals surface area contributed by atoms with E-state index < -0.39 is 5.97 Å². The Labute approximate surface area is 144 Å². The molecule has 2 nitrogen and oxygen atoms in total. The fourth-order valence-electron chi connectivity index (χ4n) is 2.42. The second-order valence-corrected chi connectivity index (χ2v) is 5.74. The van der Waals surface area contributed by atoms with Crippen molar-refractivity contribution in [2.45, 2.75) is 23.5 Å². The van der Waals surface area contributed by atoms with E-state index in [4.69, 9.17) is 0 Å². The Morgan fingerprint density at radius 3 is 2.60 bits per heavy atom. The topological polar surface area (TPSA) is 40.1 Å². The number of fused-ring (bicyclic) bond motifs is 2. The van der Waals surface area contributed by atoms with Crippen LogP contribution in [0, 0.1) is 0 Å². The number of carbonyl (C=O) groups excluding carboxylic acids is 1. The van der Waals surface area contributed by atoms with Gasteiger partial charge in [0.2, 0.25) is 0 Å². The number of carboxylic acid groups (broad SMARTS) is 1. The minimum Gasteiger partial charge on any atom is -0.550 e.